The normalized spacial score (nSPS) is 20.8. The molecule has 0 bridgehead atoms. The summed E-state index contributed by atoms with van der Waals surface area (Å²) in [6, 6.07) is 8.82. The van der Waals surface area contributed by atoms with Crippen LogP contribution in [0.5, 0.6) is 0 Å². The first-order chi connectivity index (χ1) is 9.24. The van der Waals surface area contributed by atoms with E-state index in [2.05, 4.69) is 0 Å². The topological polar surface area (TPSA) is 51.2 Å². The lowest BCUT2D eigenvalue weighted by atomic mass is 9.62. The van der Waals surface area contributed by atoms with E-state index in [0.29, 0.717) is 18.4 Å². The van der Waals surface area contributed by atoms with Gasteiger partial charge in [0.05, 0.1) is 5.41 Å². The Morgan fingerprint density at radius 1 is 1.00 bits per heavy atom. The number of hydrogen-bond acceptors (Lipinski definition) is 3. The van der Waals surface area contributed by atoms with Gasteiger partial charge in [0.15, 0.2) is 5.78 Å². The molecule has 1 aliphatic carbocycles. The molecule has 0 aromatic heterocycles. The van der Waals surface area contributed by atoms with Gasteiger partial charge in [0.2, 0.25) is 0 Å². The van der Waals surface area contributed by atoms with E-state index in [9.17, 15) is 14.4 Å². The first-order valence-electron chi connectivity index (χ1n) is 6.89. The predicted molar refractivity (Wildman–Crippen MR) is 76.5 cm³/mol. The van der Waals surface area contributed by atoms with Gasteiger partial charge in [-0.2, -0.15) is 0 Å². The molecule has 0 amide bonds. The summed E-state index contributed by atoms with van der Waals surface area (Å²) in [7, 11) is 0. The molecule has 20 heavy (non-hydrogen) atoms. The van der Waals surface area contributed by atoms with Gasteiger partial charge in [0, 0.05) is 24.8 Å². The average molecular weight is 272 g/mol. The van der Waals surface area contributed by atoms with E-state index in [1.54, 1.807) is 31.2 Å². The fourth-order valence-electron chi connectivity index (χ4n) is 2.72. The van der Waals surface area contributed by atoms with Crippen LogP contribution in [0.4, 0.5) is 0 Å². The van der Waals surface area contributed by atoms with E-state index < -0.39 is 5.41 Å². The number of benzene rings is 1. The molecule has 0 unspecified atom stereocenters. The van der Waals surface area contributed by atoms with Crippen molar-refractivity contribution in [2.24, 2.45) is 10.8 Å². The van der Waals surface area contributed by atoms with Crippen LogP contribution >= 0.6 is 0 Å². The van der Waals surface area contributed by atoms with Crippen molar-refractivity contribution in [1.29, 1.82) is 0 Å². The molecule has 2 rings (SSSR count). The summed E-state index contributed by atoms with van der Waals surface area (Å²) in [5.41, 5.74) is -0.884. The summed E-state index contributed by atoms with van der Waals surface area (Å²) < 4.78 is 0. The largest absolute Gasteiger partial charge is 0.299 e. The summed E-state index contributed by atoms with van der Waals surface area (Å²) in [5.74, 6) is -0.361. The lowest BCUT2D eigenvalue weighted by Crippen LogP contribution is -2.46. The van der Waals surface area contributed by atoms with Crippen molar-refractivity contribution in [1.82, 2.24) is 0 Å². The molecule has 106 valence electrons. The third-order valence-corrected chi connectivity index (χ3v) is 4.12. The lowest BCUT2D eigenvalue weighted by Gasteiger charge is -2.38. The number of hydrogen-bond donors (Lipinski definition) is 0. The number of ketones is 3. The zero-order valence-corrected chi connectivity index (χ0v) is 12.2. The minimum atomic E-state index is -1.15. The van der Waals surface area contributed by atoms with Crippen molar-refractivity contribution < 1.29 is 14.4 Å². The predicted octanol–water partition coefficient (Wildman–Crippen LogP) is 3.22. The van der Waals surface area contributed by atoms with Crippen molar-refractivity contribution in [2.75, 3.05) is 0 Å². The maximum atomic E-state index is 12.3. The molecule has 0 heterocycles. The molecule has 0 spiro atoms. The molecular formula is C17H20O3. The van der Waals surface area contributed by atoms with Crippen LogP contribution in [0.15, 0.2) is 30.3 Å². The maximum Gasteiger partial charge on any atom is 0.164 e. The molecule has 0 saturated heterocycles. The summed E-state index contributed by atoms with van der Waals surface area (Å²) in [4.78, 5) is 36.9. The zero-order valence-electron chi connectivity index (χ0n) is 12.2. The van der Waals surface area contributed by atoms with Crippen LogP contribution in [-0.4, -0.2) is 17.3 Å². The summed E-state index contributed by atoms with van der Waals surface area (Å²) in [6.45, 7) is 5.45. The monoisotopic (exact) mass is 272 g/mol. The van der Waals surface area contributed by atoms with Crippen LogP contribution in [-0.2, 0) is 9.59 Å². The third-order valence-electron chi connectivity index (χ3n) is 4.12. The average Bonchev–Trinajstić information content (AvgIpc) is 2.36. The molecule has 1 aromatic carbocycles. The first-order valence-corrected chi connectivity index (χ1v) is 6.89. The second kappa shape index (κ2) is 4.97. The van der Waals surface area contributed by atoms with Crippen LogP contribution in [0, 0.1) is 10.8 Å². The Labute approximate surface area is 119 Å². The summed E-state index contributed by atoms with van der Waals surface area (Å²) >= 11 is 0. The first kappa shape index (κ1) is 14.6. The van der Waals surface area contributed by atoms with Crippen molar-refractivity contribution in [2.45, 2.75) is 40.0 Å². The summed E-state index contributed by atoms with van der Waals surface area (Å²) in [5, 5.41) is 0. The molecule has 0 radical (unpaired) electrons. The molecular weight excluding hydrogens is 252 g/mol. The van der Waals surface area contributed by atoms with Crippen LogP contribution < -0.4 is 0 Å². The minimum Gasteiger partial charge on any atom is -0.299 e. The fourth-order valence-corrected chi connectivity index (χ4v) is 2.72. The molecule has 0 atom stereocenters. The van der Waals surface area contributed by atoms with Crippen LogP contribution in [0.2, 0.25) is 0 Å². The Morgan fingerprint density at radius 2 is 1.50 bits per heavy atom. The van der Waals surface area contributed by atoms with Gasteiger partial charge in [0.25, 0.3) is 0 Å². The summed E-state index contributed by atoms with van der Waals surface area (Å²) in [6.07, 6.45) is 0.694. The Hall–Kier alpha value is -1.77. The van der Waals surface area contributed by atoms with E-state index >= 15 is 0 Å². The molecule has 3 heteroatoms. The molecule has 0 N–H and O–H groups in total. The molecule has 1 aliphatic rings. The van der Waals surface area contributed by atoms with E-state index in [1.165, 1.54) is 0 Å². The van der Waals surface area contributed by atoms with Crippen molar-refractivity contribution in [3.05, 3.63) is 35.9 Å². The van der Waals surface area contributed by atoms with Gasteiger partial charge in [-0.15, -0.1) is 0 Å². The molecule has 1 aromatic rings. The van der Waals surface area contributed by atoms with Crippen LogP contribution in [0.3, 0.4) is 0 Å². The smallest absolute Gasteiger partial charge is 0.164 e. The molecule has 3 nitrogen and oxygen atoms in total. The fraction of sp³-hybridized carbons (Fsp3) is 0.471. The standard InChI is InChI=1S/C17H20O3/c1-16(2)10-14(19)17(3,15(20)11-16)9-13(18)12-7-5-4-6-8-12/h4-8H,9-11H2,1-3H3. The Morgan fingerprint density at radius 3 is 2.00 bits per heavy atom. The lowest BCUT2D eigenvalue weighted by molar-refractivity contribution is -0.146. The van der Waals surface area contributed by atoms with E-state index in [-0.39, 0.29) is 29.2 Å². The van der Waals surface area contributed by atoms with E-state index in [0.717, 1.165) is 0 Å². The van der Waals surface area contributed by atoms with Gasteiger partial charge in [-0.1, -0.05) is 44.2 Å². The highest BCUT2D eigenvalue weighted by Gasteiger charge is 2.49. The third kappa shape index (κ3) is 2.72. The maximum absolute atomic E-state index is 12.3. The van der Waals surface area contributed by atoms with Gasteiger partial charge in [-0.05, 0) is 12.3 Å². The second-order valence-corrected chi connectivity index (χ2v) is 6.66. The van der Waals surface area contributed by atoms with E-state index in [1.807, 2.05) is 19.9 Å². The number of carbonyl (C=O) groups excluding carboxylic acids is 3. The number of Topliss-reactive ketones (excluding diaryl/α,β-unsaturated/α-hetero) is 3. The number of rotatable bonds is 3. The van der Waals surface area contributed by atoms with Crippen molar-refractivity contribution in [3.8, 4) is 0 Å². The van der Waals surface area contributed by atoms with Crippen molar-refractivity contribution >= 4 is 17.3 Å². The highest BCUT2D eigenvalue weighted by molar-refractivity contribution is 6.13. The van der Waals surface area contributed by atoms with E-state index in [4.69, 9.17) is 0 Å². The van der Waals surface area contributed by atoms with Gasteiger partial charge >= 0.3 is 0 Å². The number of carbonyl (C=O) groups is 3. The Bertz CT molecular complexity index is 535. The van der Waals surface area contributed by atoms with Crippen LogP contribution in [0.1, 0.15) is 50.4 Å². The van der Waals surface area contributed by atoms with Gasteiger partial charge in [-0.3, -0.25) is 14.4 Å². The van der Waals surface area contributed by atoms with Crippen LogP contribution in [0.25, 0.3) is 0 Å². The van der Waals surface area contributed by atoms with Gasteiger partial charge in [0.1, 0.15) is 11.6 Å². The molecule has 0 aliphatic heterocycles. The Balaban J connectivity index is 2.22. The van der Waals surface area contributed by atoms with Gasteiger partial charge in [-0.25, -0.2) is 0 Å². The van der Waals surface area contributed by atoms with Crippen molar-refractivity contribution in [3.63, 3.8) is 0 Å². The highest BCUT2D eigenvalue weighted by atomic mass is 16.2. The Kier molecular flexibility index (Phi) is 3.63. The minimum absolute atomic E-state index is 0.0231. The highest BCUT2D eigenvalue weighted by Crippen LogP contribution is 2.42. The SMILES string of the molecule is CC1(C)CC(=O)C(C)(CC(=O)c2ccccc2)C(=O)C1. The second-order valence-electron chi connectivity index (χ2n) is 6.66. The van der Waals surface area contributed by atoms with Gasteiger partial charge < -0.3 is 0 Å². The quantitative estimate of drug-likeness (QED) is 0.627. The molecule has 1 fully saturated rings. The zero-order chi connectivity index (χ0) is 15.0. The molecule has 1 saturated carbocycles.